The third kappa shape index (κ3) is 12.9. The Kier molecular flexibility index (Phi) is 10.3. The van der Waals surface area contributed by atoms with Crippen LogP contribution in [0.1, 0.15) is 46.0 Å². The minimum atomic E-state index is 0.0168. The van der Waals surface area contributed by atoms with Crippen molar-refractivity contribution < 1.29 is 4.79 Å². The summed E-state index contributed by atoms with van der Waals surface area (Å²) in [4.78, 5) is 10.5. The van der Waals surface area contributed by atoms with Gasteiger partial charge in [-0.2, -0.15) is 0 Å². The van der Waals surface area contributed by atoms with E-state index in [0.717, 1.165) is 6.42 Å². The van der Waals surface area contributed by atoms with Crippen LogP contribution in [0.4, 0.5) is 0 Å². The standard InChI is InChI=1S/C13H23NO/c1-3-4-5-6-7-8-9-10-11-12-14-13(2)15/h8-11H,3-7,12H2,1-2H3,(H,14,15)/b9-8+,11-10+. The van der Waals surface area contributed by atoms with Crippen molar-refractivity contribution in [2.45, 2.75) is 46.0 Å². The van der Waals surface area contributed by atoms with Gasteiger partial charge >= 0.3 is 0 Å². The zero-order valence-electron chi connectivity index (χ0n) is 9.96. The summed E-state index contributed by atoms with van der Waals surface area (Å²) < 4.78 is 0. The van der Waals surface area contributed by atoms with Gasteiger partial charge in [-0.1, -0.05) is 50.5 Å². The fourth-order valence-corrected chi connectivity index (χ4v) is 1.21. The maximum Gasteiger partial charge on any atom is 0.217 e. The monoisotopic (exact) mass is 209 g/mol. The van der Waals surface area contributed by atoms with Gasteiger partial charge < -0.3 is 5.32 Å². The van der Waals surface area contributed by atoms with Crippen molar-refractivity contribution >= 4 is 5.91 Å². The molecule has 0 spiro atoms. The van der Waals surface area contributed by atoms with Gasteiger partial charge in [-0.3, -0.25) is 4.79 Å². The van der Waals surface area contributed by atoms with E-state index < -0.39 is 0 Å². The SMILES string of the molecule is CCCCCC/C=C/C=C/CNC(C)=O. The number of amides is 1. The van der Waals surface area contributed by atoms with E-state index in [1.165, 1.54) is 32.6 Å². The molecule has 0 atom stereocenters. The molecule has 0 radical (unpaired) electrons. The first kappa shape index (κ1) is 13.9. The molecule has 0 aliphatic rings. The van der Waals surface area contributed by atoms with E-state index in [9.17, 15) is 4.79 Å². The van der Waals surface area contributed by atoms with Crippen LogP contribution in [0.15, 0.2) is 24.3 Å². The molecule has 0 aromatic rings. The molecule has 86 valence electrons. The van der Waals surface area contributed by atoms with Gasteiger partial charge in [0.25, 0.3) is 0 Å². The zero-order valence-corrected chi connectivity index (χ0v) is 9.96. The summed E-state index contributed by atoms with van der Waals surface area (Å²) in [6, 6.07) is 0. The van der Waals surface area contributed by atoms with E-state index in [1.807, 2.05) is 18.2 Å². The number of hydrogen-bond acceptors (Lipinski definition) is 1. The summed E-state index contributed by atoms with van der Waals surface area (Å²) in [5.41, 5.74) is 0. The number of carbonyl (C=O) groups excluding carboxylic acids is 1. The van der Waals surface area contributed by atoms with E-state index in [2.05, 4.69) is 18.3 Å². The van der Waals surface area contributed by atoms with Crippen molar-refractivity contribution in [2.24, 2.45) is 0 Å². The molecule has 0 aromatic heterocycles. The van der Waals surface area contributed by atoms with Crippen molar-refractivity contribution in [3.8, 4) is 0 Å². The largest absolute Gasteiger partial charge is 0.353 e. The molecule has 1 N–H and O–H groups in total. The fourth-order valence-electron chi connectivity index (χ4n) is 1.21. The minimum absolute atomic E-state index is 0.0168. The second-order valence-corrected chi connectivity index (χ2v) is 3.64. The Morgan fingerprint density at radius 3 is 2.53 bits per heavy atom. The molecule has 0 aromatic carbocycles. The van der Waals surface area contributed by atoms with E-state index >= 15 is 0 Å². The van der Waals surface area contributed by atoms with Gasteiger partial charge in [0, 0.05) is 13.5 Å². The Hall–Kier alpha value is -1.05. The van der Waals surface area contributed by atoms with Crippen LogP contribution >= 0.6 is 0 Å². The molecule has 15 heavy (non-hydrogen) atoms. The van der Waals surface area contributed by atoms with E-state index in [-0.39, 0.29) is 5.91 Å². The average molecular weight is 209 g/mol. The number of rotatable bonds is 8. The number of allylic oxidation sites excluding steroid dienone is 3. The number of nitrogens with one attached hydrogen (secondary N) is 1. The molecule has 0 aliphatic carbocycles. The quantitative estimate of drug-likeness (QED) is 0.482. The van der Waals surface area contributed by atoms with E-state index in [1.54, 1.807) is 0 Å². The van der Waals surface area contributed by atoms with Gasteiger partial charge in [-0.25, -0.2) is 0 Å². The number of hydrogen-bond donors (Lipinski definition) is 1. The van der Waals surface area contributed by atoms with Gasteiger partial charge in [0.2, 0.25) is 5.91 Å². The zero-order chi connectivity index (χ0) is 11.4. The topological polar surface area (TPSA) is 29.1 Å². The van der Waals surface area contributed by atoms with Crippen molar-refractivity contribution in [3.05, 3.63) is 24.3 Å². The Morgan fingerprint density at radius 2 is 1.87 bits per heavy atom. The van der Waals surface area contributed by atoms with Crippen molar-refractivity contribution in [2.75, 3.05) is 6.54 Å². The highest BCUT2D eigenvalue weighted by atomic mass is 16.1. The van der Waals surface area contributed by atoms with Gasteiger partial charge in [0.15, 0.2) is 0 Å². The first-order valence-electron chi connectivity index (χ1n) is 5.83. The molecule has 0 saturated heterocycles. The van der Waals surface area contributed by atoms with Crippen LogP contribution < -0.4 is 5.32 Å². The lowest BCUT2D eigenvalue weighted by Crippen LogP contribution is -2.19. The molecular weight excluding hydrogens is 186 g/mol. The van der Waals surface area contributed by atoms with Gasteiger partial charge in [0.1, 0.15) is 0 Å². The van der Waals surface area contributed by atoms with Crippen molar-refractivity contribution in [1.29, 1.82) is 0 Å². The molecule has 0 aliphatic heterocycles. The minimum Gasteiger partial charge on any atom is -0.353 e. The summed E-state index contributed by atoms with van der Waals surface area (Å²) in [5, 5.41) is 2.70. The molecule has 0 saturated carbocycles. The van der Waals surface area contributed by atoms with Gasteiger partial charge in [-0.05, 0) is 12.8 Å². The second-order valence-electron chi connectivity index (χ2n) is 3.64. The Balaban J connectivity index is 3.26. The van der Waals surface area contributed by atoms with Crippen molar-refractivity contribution in [1.82, 2.24) is 5.32 Å². The second kappa shape index (κ2) is 11.0. The summed E-state index contributed by atoms with van der Waals surface area (Å²) in [7, 11) is 0. The van der Waals surface area contributed by atoms with Crippen LogP contribution in [0, 0.1) is 0 Å². The summed E-state index contributed by atoms with van der Waals surface area (Å²) >= 11 is 0. The molecule has 0 fully saturated rings. The van der Waals surface area contributed by atoms with Crippen LogP contribution in [0.3, 0.4) is 0 Å². The van der Waals surface area contributed by atoms with E-state index in [4.69, 9.17) is 0 Å². The smallest absolute Gasteiger partial charge is 0.217 e. The molecule has 1 amide bonds. The maximum atomic E-state index is 10.5. The van der Waals surface area contributed by atoms with Gasteiger partial charge in [-0.15, -0.1) is 0 Å². The average Bonchev–Trinajstić information content (AvgIpc) is 2.20. The first-order valence-corrected chi connectivity index (χ1v) is 5.83. The lowest BCUT2D eigenvalue weighted by Gasteiger charge is -1.93. The molecule has 0 bridgehead atoms. The molecule has 0 rings (SSSR count). The fraction of sp³-hybridized carbons (Fsp3) is 0.615. The highest BCUT2D eigenvalue weighted by Crippen LogP contribution is 2.02. The third-order valence-electron chi connectivity index (χ3n) is 2.08. The molecular formula is C13H23NO. The predicted molar refractivity (Wildman–Crippen MR) is 65.7 cm³/mol. The highest BCUT2D eigenvalue weighted by Gasteiger charge is 1.84. The van der Waals surface area contributed by atoms with Crippen molar-refractivity contribution in [3.63, 3.8) is 0 Å². The van der Waals surface area contributed by atoms with Crippen LogP contribution in [0.25, 0.3) is 0 Å². The summed E-state index contributed by atoms with van der Waals surface area (Å²) in [5.74, 6) is 0.0168. The lowest BCUT2D eigenvalue weighted by atomic mass is 10.1. The third-order valence-corrected chi connectivity index (χ3v) is 2.08. The molecule has 2 nitrogen and oxygen atoms in total. The number of unbranched alkanes of at least 4 members (excludes halogenated alkanes) is 4. The highest BCUT2D eigenvalue weighted by molar-refractivity contribution is 5.72. The first-order chi connectivity index (χ1) is 7.27. The molecule has 0 unspecified atom stereocenters. The van der Waals surface area contributed by atoms with Crippen LogP contribution in [0.5, 0.6) is 0 Å². The Morgan fingerprint density at radius 1 is 1.13 bits per heavy atom. The molecule has 2 heteroatoms. The number of carbonyl (C=O) groups is 1. The van der Waals surface area contributed by atoms with Crippen LogP contribution in [-0.4, -0.2) is 12.5 Å². The Labute approximate surface area is 93.5 Å². The van der Waals surface area contributed by atoms with Crippen LogP contribution in [0.2, 0.25) is 0 Å². The molecule has 0 heterocycles. The summed E-state index contributed by atoms with van der Waals surface area (Å²) in [6.45, 7) is 4.37. The maximum absolute atomic E-state index is 10.5. The van der Waals surface area contributed by atoms with Gasteiger partial charge in [0.05, 0.1) is 0 Å². The summed E-state index contributed by atoms with van der Waals surface area (Å²) in [6.07, 6.45) is 14.6. The predicted octanol–water partition coefficient (Wildman–Crippen LogP) is 3.21. The lowest BCUT2D eigenvalue weighted by molar-refractivity contribution is -0.118. The van der Waals surface area contributed by atoms with E-state index in [0.29, 0.717) is 6.54 Å². The normalized spacial score (nSPS) is 11.3. The Bertz CT molecular complexity index is 207. The van der Waals surface area contributed by atoms with Crippen LogP contribution in [-0.2, 0) is 4.79 Å².